The molecule has 3 N–H and O–H groups in total. The fourth-order valence-electron chi connectivity index (χ4n) is 1.26. The third kappa shape index (κ3) is 2.14. The summed E-state index contributed by atoms with van der Waals surface area (Å²) in [7, 11) is -4.02. The van der Waals surface area contributed by atoms with Gasteiger partial charge in [-0.05, 0) is 25.0 Å². The van der Waals surface area contributed by atoms with Crippen molar-refractivity contribution < 1.29 is 17.2 Å². The van der Waals surface area contributed by atoms with Gasteiger partial charge in [0.2, 0.25) is 10.0 Å². The summed E-state index contributed by atoms with van der Waals surface area (Å²) >= 11 is 0. The van der Waals surface area contributed by atoms with Gasteiger partial charge in [0, 0.05) is 11.7 Å². The number of benzene rings is 1. The van der Waals surface area contributed by atoms with Crippen LogP contribution in [0.2, 0.25) is 0 Å². The zero-order valence-electron chi connectivity index (χ0n) is 8.20. The van der Waals surface area contributed by atoms with Crippen molar-refractivity contribution in [2.75, 3.05) is 5.73 Å². The molecule has 0 aromatic heterocycles. The van der Waals surface area contributed by atoms with E-state index in [2.05, 4.69) is 4.72 Å². The molecule has 0 atom stereocenters. The lowest BCUT2D eigenvalue weighted by Crippen LogP contribution is -2.27. The van der Waals surface area contributed by atoms with Crippen LogP contribution in [0.1, 0.15) is 12.8 Å². The van der Waals surface area contributed by atoms with Gasteiger partial charge in [0.1, 0.15) is 4.90 Å². The van der Waals surface area contributed by atoms with Crippen LogP contribution in [0.25, 0.3) is 0 Å². The Bertz CT molecular complexity index is 527. The summed E-state index contributed by atoms with van der Waals surface area (Å²) in [4.78, 5) is -0.739. The van der Waals surface area contributed by atoms with Crippen LogP contribution in [0, 0.1) is 11.6 Å². The Labute approximate surface area is 91.5 Å². The van der Waals surface area contributed by atoms with Gasteiger partial charge in [0.05, 0.1) is 0 Å². The number of anilines is 1. The van der Waals surface area contributed by atoms with Crippen molar-refractivity contribution in [3.8, 4) is 0 Å². The molecule has 1 aliphatic rings. The monoisotopic (exact) mass is 248 g/mol. The molecule has 1 aromatic rings. The highest BCUT2D eigenvalue weighted by atomic mass is 32.2. The second-order valence-corrected chi connectivity index (χ2v) is 5.39. The van der Waals surface area contributed by atoms with E-state index in [0.29, 0.717) is 12.8 Å². The van der Waals surface area contributed by atoms with Crippen molar-refractivity contribution in [3.05, 3.63) is 23.8 Å². The van der Waals surface area contributed by atoms with Crippen molar-refractivity contribution >= 4 is 15.7 Å². The lowest BCUT2D eigenvalue weighted by Gasteiger charge is -2.07. The molecule has 0 radical (unpaired) electrons. The summed E-state index contributed by atoms with van der Waals surface area (Å²) in [6.07, 6.45) is 1.43. The van der Waals surface area contributed by atoms with E-state index in [1.165, 1.54) is 0 Å². The lowest BCUT2D eigenvalue weighted by atomic mass is 10.3. The maximum Gasteiger partial charge on any atom is 0.243 e. The van der Waals surface area contributed by atoms with Gasteiger partial charge in [-0.15, -0.1) is 0 Å². The van der Waals surface area contributed by atoms with Gasteiger partial charge in [-0.2, -0.15) is 0 Å². The van der Waals surface area contributed by atoms with Crippen LogP contribution in [0.15, 0.2) is 17.0 Å². The van der Waals surface area contributed by atoms with Crippen molar-refractivity contribution in [2.24, 2.45) is 0 Å². The van der Waals surface area contributed by atoms with Crippen LogP contribution >= 0.6 is 0 Å². The molecular weight excluding hydrogens is 238 g/mol. The van der Waals surface area contributed by atoms with Crippen LogP contribution in [0.4, 0.5) is 14.5 Å². The molecule has 0 heterocycles. The molecule has 4 nitrogen and oxygen atoms in total. The highest BCUT2D eigenvalue weighted by Gasteiger charge is 2.30. The minimum atomic E-state index is -4.02. The molecule has 0 aliphatic heterocycles. The molecule has 88 valence electrons. The quantitative estimate of drug-likeness (QED) is 0.783. The summed E-state index contributed by atoms with van der Waals surface area (Å²) in [6.45, 7) is 0. The van der Waals surface area contributed by atoms with Crippen molar-refractivity contribution in [3.63, 3.8) is 0 Å². The number of rotatable bonds is 3. The lowest BCUT2D eigenvalue weighted by molar-refractivity contribution is 0.483. The fraction of sp³-hybridized carbons (Fsp3) is 0.333. The van der Waals surface area contributed by atoms with Crippen LogP contribution in [0.5, 0.6) is 0 Å². The normalized spacial score (nSPS) is 16.4. The van der Waals surface area contributed by atoms with E-state index in [4.69, 9.17) is 5.73 Å². The number of sulfonamides is 1. The minimum Gasteiger partial charge on any atom is -0.399 e. The van der Waals surface area contributed by atoms with Crippen LogP contribution in [-0.4, -0.2) is 14.5 Å². The molecule has 16 heavy (non-hydrogen) atoms. The van der Waals surface area contributed by atoms with Crippen molar-refractivity contribution in [1.29, 1.82) is 0 Å². The third-order valence-electron chi connectivity index (χ3n) is 2.21. The maximum absolute atomic E-state index is 13.3. The average Bonchev–Trinajstić information content (AvgIpc) is 2.94. The topological polar surface area (TPSA) is 72.2 Å². The number of nitrogen functional groups attached to an aromatic ring is 1. The molecule has 0 unspecified atom stereocenters. The predicted molar refractivity (Wildman–Crippen MR) is 54.1 cm³/mol. The highest BCUT2D eigenvalue weighted by molar-refractivity contribution is 7.89. The first kappa shape index (κ1) is 11.3. The fourth-order valence-corrected chi connectivity index (χ4v) is 2.69. The zero-order valence-corrected chi connectivity index (χ0v) is 9.02. The Kier molecular flexibility index (Phi) is 2.59. The molecule has 1 aromatic carbocycles. The second-order valence-electron chi connectivity index (χ2n) is 3.71. The third-order valence-corrected chi connectivity index (χ3v) is 3.73. The SMILES string of the molecule is Nc1cc(F)c(F)c(S(=O)(=O)NC2CC2)c1. The van der Waals surface area contributed by atoms with Crippen LogP contribution < -0.4 is 10.5 Å². The van der Waals surface area contributed by atoms with E-state index in [0.717, 1.165) is 12.1 Å². The molecule has 0 amide bonds. The summed E-state index contributed by atoms with van der Waals surface area (Å²) < 4.78 is 51.8. The van der Waals surface area contributed by atoms with Gasteiger partial charge in [-0.25, -0.2) is 21.9 Å². The van der Waals surface area contributed by atoms with Gasteiger partial charge in [0.15, 0.2) is 11.6 Å². The zero-order chi connectivity index (χ0) is 11.9. The summed E-state index contributed by atoms with van der Waals surface area (Å²) in [5.74, 6) is -2.67. The van der Waals surface area contributed by atoms with Gasteiger partial charge in [0.25, 0.3) is 0 Å². The van der Waals surface area contributed by atoms with Gasteiger partial charge < -0.3 is 5.73 Å². The molecule has 0 saturated heterocycles. The second kappa shape index (κ2) is 3.67. The van der Waals surface area contributed by atoms with Crippen LogP contribution in [0.3, 0.4) is 0 Å². The summed E-state index contributed by atoms with van der Waals surface area (Å²) in [6, 6.07) is 1.48. The molecular formula is C9H10F2N2O2S. The largest absolute Gasteiger partial charge is 0.399 e. The number of hydrogen-bond acceptors (Lipinski definition) is 3. The van der Waals surface area contributed by atoms with Gasteiger partial charge in [-0.3, -0.25) is 0 Å². The van der Waals surface area contributed by atoms with E-state index >= 15 is 0 Å². The molecule has 2 rings (SSSR count). The standard InChI is InChI=1S/C9H10F2N2O2S/c10-7-3-5(12)4-8(9(7)11)16(14,15)13-6-1-2-6/h3-4,6,13H,1-2,12H2. The Hall–Kier alpha value is -1.21. The Morgan fingerprint density at radius 2 is 1.94 bits per heavy atom. The predicted octanol–water partition coefficient (Wildman–Crippen LogP) is 0.988. The highest BCUT2D eigenvalue weighted by Crippen LogP contribution is 2.25. The van der Waals surface area contributed by atoms with E-state index in [9.17, 15) is 17.2 Å². The van der Waals surface area contributed by atoms with Gasteiger partial charge in [-0.1, -0.05) is 0 Å². The number of nitrogens with one attached hydrogen (secondary N) is 1. The van der Waals surface area contributed by atoms with Crippen molar-refractivity contribution in [1.82, 2.24) is 4.72 Å². The first-order valence-electron chi connectivity index (χ1n) is 4.67. The van der Waals surface area contributed by atoms with E-state index < -0.39 is 26.6 Å². The van der Waals surface area contributed by atoms with E-state index in [1.54, 1.807) is 0 Å². The molecule has 1 fully saturated rings. The van der Waals surface area contributed by atoms with Crippen molar-refractivity contribution in [2.45, 2.75) is 23.8 Å². The molecule has 0 bridgehead atoms. The average molecular weight is 248 g/mol. The summed E-state index contributed by atoms with van der Waals surface area (Å²) in [5, 5.41) is 0. The van der Waals surface area contributed by atoms with Crippen LogP contribution in [-0.2, 0) is 10.0 Å². The van der Waals surface area contributed by atoms with Gasteiger partial charge >= 0.3 is 0 Å². The number of hydrogen-bond donors (Lipinski definition) is 2. The molecule has 0 spiro atoms. The number of halogens is 2. The summed E-state index contributed by atoms with van der Waals surface area (Å²) in [5.41, 5.74) is 5.14. The Morgan fingerprint density at radius 1 is 1.31 bits per heavy atom. The first-order valence-corrected chi connectivity index (χ1v) is 6.15. The smallest absolute Gasteiger partial charge is 0.243 e. The minimum absolute atomic E-state index is 0.130. The molecule has 1 aliphatic carbocycles. The Morgan fingerprint density at radius 3 is 2.50 bits per heavy atom. The molecule has 1 saturated carbocycles. The Balaban J connectivity index is 2.45. The number of nitrogens with two attached hydrogens (primary N) is 1. The molecule has 7 heteroatoms. The maximum atomic E-state index is 13.3. The van der Waals surface area contributed by atoms with E-state index in [-0.39, 0.29) is 11.7 Å². The van der Waals surface area contributed by atoms with E-state index in [1.807, 2.05) is 0 Å². The first-order chi connectivity index (χ1) is 7.40.